The Morgan fingerprint density at radius 1 is 1.46 bits per heavy atom. The predicted octanol–water partition coefficient (Wildman–Crippen LogP) is 1.74. The molecule has 0 saturated carbocycles. The van der Waals surface area contributed by atoms with E-state index >= 15 is 0 Å². The smallest absolute Gasteiger partial charge is 0.208 e. The number of quaternary nitrogens is 1. The number of rotatable bonds is 1. The van der Waals surface area contributed by atoms with E-state index in [1.807, 2.05) is 0 Å². The predicted molar refractivity (Wildman–Crippen MR) is 52.4 cm³/mol. The first-order chi connectivity index (χ1) is 6.22. The average Bonchev–Trinajstić information content (AvgIpc) is 2.54. The monoisotopic (exact) mass is 199 g/mol. The molecule has 0 aromatic heterocycles. The third kappa shape index (κ3) is 1.54. The number of nitrogens with zero attached hydrogens (tertiary/aromatic N) is 1. The van der Waals surface area contributed by atoms with Gasteiger partial charge in [0.1, 0.15) is 15.3 Å². The highest BCUT2D eigenvalue weighted by Crippen LogP contribution is 2.44. The van der Waals surface area contributed by atoms with Crippen LogP contribution in [0.15, 0.2) is 24.3 Å². The molecule has 1 heterocycles. The van der Waals surface area contributed by atoms with Gasteiger partial charge >= 0.3 is 0 Å². The van der Waals surface area contributed by atoms with Crippen molar-refractivity contribution in [2.75, 3.05) is 12.8 Å². The zero-order valence-corrected chi connectivity index (χ0v) is 7.93. The van der Waals surface area contributed by atoms with E-state index in [-0.39, 0.29) is 14.5 Å². The summed E-state index contributed by atoms with van der Waals surface area (Å²) in [5, 5.41) is 21.3. The van der Waals surface area contributed by atoms with Gasteiger partial charge in [0, 0.05) is 12.2 Å². The Morgan fingerprint density at radius 3 is 2.85 bits per heavy atom. The van der Waals surface area contributed by atoms with Crippen LogP contribution in [0.4, 0.5) is 5.69 Å². The van der Waals surface area contributed by atoms with E-state index in [0.717, 1.165) is 6.16 Å². The molecular weight excluding hydrogens is 189 g/mol. The van der Waals surface area contributed by atoms with Gasteiger partial charge in [-0.1, -0.05) is 12.1 Å². The molecule has 0 bridgehead atoms. The van der Waals surface area contributed by atoms with Gasteiger partial charge in [-0.25, -0.2) is 0 Å². The normalized spacial score (nSPS) is 29.6. The Labute approximate surface area is 77.7 Å². The van der Waals surface area contributed by atoms with Gasteiger partial charge in [0.25, 0.3) is 0 Å². The van der Waals surface area contributed by atoms with Crippen molar-refractivity contribution >= 4 is 14.4 Å². The maximum atomic E-state index is 11.9. The van der Waals surface area contributed by atoms with Gasteiger partial charge < -0.3 is 10.3 Å². The third-order valence-corrected chi connectivity index (χ3v) is 3.11. The van der Waals surface area contributed by atoms with Gasteiger partial charge in [-0.05, 0) is 6.07 Å². The number of benzene rings is 1. The summed E-state index contributed by atoms with van der Waals surface area (Å²) in [4.78, 5) is 5.04. The van der Waals surface area contributed by atoms with Crippen molar-refractivity contribution in [2.45, 2.75) is 0 Å². The summed E-state index contributed by atoms with van der Waals surface area (Å²) in [6.45, 7) is 0.469. The number of hydrogen-bond acceptors (Lipinski definition) is 3. The zero-order chi connectivity index (χ0) is 9.31. The summed E-state index contributed by atoms with van der Waals surface area (Å²) in [5.74, 6) is 0.00639. The third-order valence-electron chi connectivity index (χ3n) is 1.89. The van der Waals surface area contributed by atoms with Crippen LogP contribution in [0.1, 0.15) is 0 Å². The van der Waals surface area contributed by atoms with Crippen LogP contribution < -0.4 is 4.58 Å². The first-order valence-corrected chi connectivity index (χ1v) is 5.16. The lowest BCUT2D eigenvalue weighted by Crippen LogP contribution is -2.28. The Hall–Kier alpha value is -0.670. The lowest BCUT2D eigenvalue weighted by molar-refractivity contribution is -0.00855. The van der Waals surface area contributed by atoms with Crippen molar-refractivity contribution in [1.82, 2.24) is 4.58 Å². The highest BCUT2D eigenvalue weighted by atomic mass is 31.1. The zero-order valence-electron chi connectivity index (χ0n) is 6.93. The molecule has 0 radical (unpaired) electrons. The van der Waals surface area contributed by atoms with Crippen molar-refractivity contribution in [3.63, 3.8) is 0 Å². The Morgan fingerprint density at radius 2 is 2.23 bits per heavy atom. The quantitative estimate of drug-likeness (QED) is 0.553. The Balaban J connectivity index is 2.39. The van der Waals surface area contributed by atoms with Gasteiger partial charge in [-0.3, -0.25) is 0 Å². The van der Waals surface area contributed by atoms with Crippen LogP contribution in [-0.4, -0.2) is 17.9 Å². The summed E-state index contributed by atoms with van der Waals surface area (Å²) in [6, 6.07) is 6.50. The van der Waals surface area contributed by atoms with E-state index < -0.39 is 4.58 Å². The largest absolute Gasteiger partial charge is 0.592 e. The highest BCUT2D eigenvalue weighted by molar-refractivity contribution is 7.37. The van der Waals surface area contributed by atoms with Gasteiger partial charge in [0.15, 0.2) is 5.75 Å². The van der Waals surface area contributed by atoms with Crippen LogP contribution in [-0.2, 0) is 4.84 Å². The van der Waals surface area contributed by atoms with Crippen LogP contribution in [0.25, 0.3) is 0 Å². The van der Waals surface area contributed by atoms with Gasteiger partial charge in [-0.15, -0.1) is 0 Å². The van der Waals surface area contributed by atoms with Crippen molar-refractivity contribution < 1.29 is 9.94 Å². The molecule has 5 heteroatoms. The van der Waals surface area contributed by atoms with Gasteiger partial charge in [0.05, 0.1) is 0 Å². The molecule has 1 N–H and O–H groups in total. The summed E-state index contributed by atoms with van der Waals surface area (Å²) >= 11 is 0. The molecule has 1 aromatic carbocycles. The molecule has 1 aliphatic heterocycles. The fourth-order valence-electron chi connectivity index (χ4n) is 1.28. The van der Waals surface area contributed by atoms with Crippen molar-refractivity contribution in [2.24, 2.45) is 0 Å². The van der Waals surface area contributed by atoms with Crippen molar-refractivity contribution in [3.8, 4) is 5.75 Å². The molecule has 13 heavy (non-hydrogen) atoms. The van der Waals surface area contributed by atoms with E-state index in [0.29, 0.717) is 12.3 Å². The molecule has 1 aliphatic rings. The Kier molecular flexibility index (Phi) is 2.22. The van der Waals surface area contributed by atoms with Gasteiger partial charge in [-0.2, -0.15) is 9.42 Å². The molecular formula is C8H10NO3P. The molecule has 2 unspecified atom stereocenters. The maximum absolute atomic E-state index is 11.9. The minimum Gasteiger partial charge on any atom is -0.592 e. The van der Waals surface area contributed by atoms with Crippen LogP contribution in [0.5, 0.6) is 5.75 Å². The number of aromatic hydroxyl groups is 1. The average molecular weight is 199 g/mol. The molecule has 1 fully saturated rings. The number of phenols is 1. The van der Waals surface area contributed by atoms with Crippen molar-refractivity contribution in [1.29, 1.82) is 0 Å². The minimum absolute atomic E-state index is 0.00639. The first-order valence-electron chi connectivity index (χ1n) is 4.01. The second kappa shape index (κ2) is 3.24. The summed E-state index contributed by atoms with van der Waals surface area (Å²) in [6.07, 6.45) is 0.762. The van der Waals surface area contributed by atoms with Crippen LogP contribution in [0, 0.1) is 5.21 Å². The number of phenolic OH excluding ortho intramolecular Hbond substituents is 1. The standard InChI is InChI=1S/C8H10NO3P/c10-8-4-2-1-3-7(8)9(11)12-5-6-13-9/h1-4,10,13H,5-6H2. The van der Waals surface area contributed by atoms with E-state index in [2.05, 4.69) is 0 Å². The SMILES string of the molecule is [O-][N+]1(c2ccccc2O)OCCP1. The van der Waals surface area contributed by atoms with Crippen LogP contribution >= 0.6 is 8.73 Å². The summed E-state index contributed by atoms with van der Waals surface area (Å²) < 4.78 is -0.827. The second-order valence-corrected chi connectivity index (χ2v) is 4.19. The maximum Gasteiger partial charge on any atom is 0.208 e. The number of para-hydroxylation sites is 2. The molecule has 0 amide bonds. The van der Waals surface area contributed by atoms with E-state index in [1.54, 1.807) is 18.2 Å². The highest BCUT2D eigenvalue weighted by Gasteiger charge is 2.31. The molecule has 4 nitrogen and oxygen atoms in total. The molecule has 0 spiro atoms. The fraction of sp³-hybridized carbons (Fsp3) is 0.250. The molecule has 1 saturated heterocycles. The lowest BCUT2D eigenvalue weighted by Gasteiger charge is -2.32. The van der Waals surface area contributed by atoms with Gasteiger partial charge in [0.2, 0.25) is 5.69 Å². The minimum atomic E-state index is -0.827. The van der Waals surface area contributed by atoms with Crippen LogP contribution in [0.2, 0.25) is 0 Å². The Bertz CT molecular complexity index is 312. The van der Waals surface area contributed by atoms with Crippen molar-refractivity contribution in [3.05, 3.63) is 29.5 Å². The topological polar surface area (TPSA) is 52.5 Å². The van der Waals surface area contributed by atoms with E-state index in [1.165, 1.54) is 6.07 Å². The number of hydrogen-bond donors (Lipinski definition) is 1. The second-order valence-electron chi connectivity index (χ2n) is 2.78. The summed E-state index contributed by atoms with van der Waals surface area (Å²) in [7, 11) is 0.126. The molecule has 70 valence electrons. The molecule has 1 aromatic rings. The van der Waals surface area contributed by atoms with Crippen LogP contribution in [0.3, 0.4) is 0 Å². The summed E-state index contributed by atoms with van der Waals surface area (Å²) in [5.41, 5.74) is 0.304. The lowest BCUT2D eigenvalue weighted by atomic mass is 10.3. The first kappa shape index (κ1) is 8.91. The fourth-order valence-corrected chi connectivity index (χ4v) is 2.30. The van der Waals surface area contributed by atoms with E-state index in [9.17, 15) is 10.3 Å². The van der Waals surface area contributed by atoms with E-state index in [4.69, 9.17) is 4.84 Å². The molecule has 2 rings (SSSR count). The molecule has 2 atom stereocenters. The molecule has 0 aliphatic carbocycles.